The molecule has 1 N–H and O–H groups in total. The lowest BCUT2D eigenvalue weighted by molar-refractivity contribution is -0.255. The highest BCUT2D eigenvalue weighted by Gasteiger charge is 2.15. The topological polar surface area (TPSA) is 126 Å². The van der Waals surface area contributed by atoms with E-state index in [9.17, 15) is 28.2 Å². The van der Waals surface area contributed by atoms with Crippen LogP contribution in [0.2, 0.25) is 0 Å². The second kappa shape index (κ2) is 6.09. The fourth-order valence-electron chi connectivity index (χ4n) is 1.85. The van der Waals surface area contributed by atoms with Crippen LogP contribution >= 0.6 is 0 Å². The third-order valence-corrected chi connectivity index (χ3v) is 4.39. The quantitative estimate of drug-likeness (QED) is 0.787. The van der Waals surface area contributed by atoms with Gasteiger partial charge in [-0.25, -0.2) is 8.42 Å². The summed E-state index contributed by atoms with van der Waals surface area (Å²) in [6, 6.07) is 8.70. The fraction of sp³-hybridized carbons (Fsp3) is 0.0667. The maximum absolute atomic E-state index is 12.2. The Labute approximate surface area is 132 Å². The Morgan fingerprint density at radius 1 is 0.913 bits per heavy atom. The van der Waals surface area contributed by atoms with E-state index in [0.29, 0.717) is 0 Å². The first kappa shape index (κ1) is 16.5. The number of carboxylic acid groups (broad SMARTS) is 2. The lowest BCUT2D eigenvalue weighted by Crippen LogP contribution is -2.26. The van der Waals surface area contributed by atoms with Crippen LogP contribution in [0, 0.1) is 6.92 Å². The number of carbonyl (C=O) groups excluding carboxylic acids is 2. The van der Waals surface area contributed by atoms with E-state index in [1.807, 2.05) is 0 Å². The summed E-state index contributed by atoms with van der Waals surface area (Å²) in [7, 11) is -3.99. The molecule has 0 amide bonds. The van der Waals surface area contributed by atoms with E-state index < -0.39 is 33.1 Å². The van der Waals surface area contributed by atoms with Gasteiger partial charge in [0, 0.05) is 0 Å². The van der Waals surface area contributed by atoms with Crippen LogP contribution in [0.1, 0.15) is 26.3 Å². The van der Waals surface area contributed by atoms with Crippen molar-refractivity contribution < 1.29 is 28.2 Å². The zero-order valence-corrected chi connectivity index (χ0v) is 12.7. The predicted molar refractivity (Wildman–Crippen MR) is 77.1 cm³/mol. The number of carboxylic acids is 2. The Morgan fingerprint density at radius 3 is 1.83 bits per heavy atom. The Balaban J connectivity index is 2.44. The second-order valence-corrected chi connectivity index (χ2v) is 6.47. The molecule has 0 fully saturated rings. The molecular formula is C15H11NO6S-2. The van der Waals surface area contributed by atoms with Crippen LogP contribution in [-0.4, -0.2) is 20.4 Å². The first-order chi connectivity index (χ1) is 10.7. The highest BCUT2D eigenvalue weighted by Crippen LogP contribution is 2.19. The Kier molecular flexibility index (Phi) is 4.37. The summed E-state index contributed by atoms with van der Waals surface area (Å²) in [4.78, 5) is 21.8. The smallest absolute Gasteiger partial charge is 0.261 e. The van der Waals surface area contributed by atoms with Gasteiger partial charge in [-0.1, -0.05) is 17.7 Å². The van der Waals surface area contributed by atoms with Crippen LogP contribution in [0.25, 0.3) is 0 Å². The van der Waals surface area contributed by atoms with E-state index >= 15 is 0 Å². The van der Waals surface area contributed by atoms with Gasteiger partial charge in [0.2, 0.25) is 0 Å². The molecule has 0 unspecified atom stereocenters. The van der Waals surface area contributed by atoms with Gasteiger partial charge in [0.25, 0.3) is 10.0 Å². The Hall–Kier alpha value is -2.87. The van der Waals surface area contributed by atoms with Gasteiger partial charge in [-0.05, 0) is 48.4 Å². The Morgan fingerprint density at radius 2 is 1.39 bits per heavy atom. The van der Waals surface area contributed by atoms with Gasteiger partial charge in [0.1, 0.15) is 0 Å². The summed E-state index contributed by atoms with van der Waals surface area (Å²) in [6.07, 6.45) is 0. The van der Waals surface area contributed by atoms with Crippen LogP contribution in [0.4, 0.5) is 5.69 Å². The maximum Gasteiger partial charge on any atom is 0.261 e. The number of hydrogen-bond donors (Lipinski definition) is 1. The lowest BCUT2D eigenvalue weighted by Gasteiger charge is -2.13. The molecule has 23 heavy (non-hydrogen) atoms. The van der Waals surface area contributed by atoms with Gasteiger partial charge >= 0.3 is 0 Å². The summed E-state index contributed by atoms with van der Waals surface area (Å²) in [5.41, 5.74) is -0.310. The summed E-state index contributed by atoms with van der Waals surface area (Å²) < 4.78 is 26.6. The molecule has 0 radical (unpaired) electrons. The van der Waals surface area contributed by atoms with Gasteiger partial charge < -0.3 is 19.8 Å². The number of rotatable bonds is 5. The first-order valence-corrected chi connectivity index (χ1v) is 7.84. The molecule has 0 saturated carbocycles. The van der Waals surface area contributed by atoms with E-state index in [1.165, 1.54) is 12.1 Å². The molecule has 0 aliphatic rings. The van der Waals surface area contributed by atoms with Crippen LogP contribution in [0.3, 0.4) is 0 Å². The predicted octanol–water partition coefficient (Wildman–Crippen LogP) is -0.477. The van der Waals surface area contributed by atoms with E-state index in [0.717, 1.165) is 23.8 Å². The van der Waals surface area contributed by atoms with Crippen molar-refractivity contribution in [3.8, 4) is 0 Å². The number of aromatic carboxylic acids is 2. The molecule has 2 rings (SSSR count). The molecule has 0 heterocycles. The molecule has 0 aliphatic carbocycles. The number of anilines is 1. The molecular weight excluding hydrogens is 322 g/mol. The third kappa shape index (κ3) is 3.86. The summed E-state index contributed by atoms with van der Waals surface area (Å²) >= 11 is 0. The Bertz CT molecular complexity index is 839. The van der Waals surface area contributed by atoms with Crippen molar-refractivity contribution in [3.05, 3.63) is 59.2 Å². The van der Waals surface area contributed by atoms with Crippen LogP contribution < -0.4 is 14.9 Å². The van der Waals surface area contributed by atoms with Gasteiger partial charge in [-0.3, -0.25) is 4.72 Å². The van der Waals surface area contributed by atoms with Gasteiger partial charge in [0.05, 0.1) is 22.5 Å². The van der Waals surface area contributed by atoms with Crippen molar-refractivity contribution >= 4 is 27.6 Å². The standard InChI is InChI=1S/C15H13NO6S/c1-9-2-4-13(5-3-9)23(21,22)16-12-7-10(14(17)18)6-11(8-12)15(19)20/h2-8,16H,1H3,(H,17,18)(H,19,20)/p-2. The zero-order valence-electron chi connectivity index (χ0n) is 11.9. The van der Waals surface area contributed by atoms with Crippen molar-refractivity contribution in [2.45, 2.75) is 11.8 Å². The molecule has 0 aliphatic heterocycles. The first-order valence-electron chi connectivity index (χ1n) is 6.36. The van der Waals surface area contributed by atoms with E-state index in [1.54, 1.807) is 19.1 Å². The SMILES string of the molecule is Cc1ccc(S(=O)(=O)Nc2cc(C(=O)[O-])cc(C(=O)[O-])c2)cc1. The molecule has 8 heteroatoms. The molecule has 2 aromatic carbocycles. The summed E-state index contributed by atoms with van der Waals surface area (Å²) in [5.74, 6) is -3.27. The van der Waals surface area contributed by atoms with Crippen molar-refractivity contribution in [2.24, 2.45) is 0 Å². The molecule has 7 nitrogen and oxygen atoms in total. The molecule has 2 aromatic rings. The zero-order chi connectivity index (χ0) is 17.2. The highest BCUT2D eigenvalue weighted by molar-refractivity contribution is 7.92. The average Bonchev–Trinajstić information content (AvgIpc) is 2.46. The number of nitrogens with one attached hydrogen (secondary N) is 1. The van der Waals surface area contributed by atoms with Crippen molar-refractivity contribution in [1.29, 1.82) is 0 Å². The second-order valence-electron chi connectivity index (χ2n) is 4.79. The van der Waals surface area contributed by atoms with Crippen molar-refractivity contribution in [2.75, 3.05) is 4.72 Å². The fourth-order valence-corrected chi connectivity index (χ4v) is 2.89. The number of carbonyl (C=O) groups is 2. The minimum atomic E-state index is -3.99. The minimum absolute atomic E-state index is 0.0445. The van der Waals surface area contributed by atoms with Crippen LogP contribution in [-0.2, 0) is 10.0 Å². The molecule has 120 valence electrons. The maximum atomic E-state index is 12.2. The average molecular weight is 333 g/mol. The largest absolute Gasteiger partial charge is 0.545 e. The van der Waals surface area contributed by atoms with E-state index in [2.05, 4.69) is 4.72 Å². The third-order valence-electron chi connectivity index (χ3n) is 2.99. The number of benzene rings is 2. The summed E-state index contributed by atoms with van der Waals surface area (Å²) in [5, 5.41) is 21.8. The van der Waals surface area contributed by atoms with Gasteiger partial charge in [0.15, 0.2) is 0 Å². The number of hydrogen-bond acceptors (Lipinski definition) is 6. The van der Waals surface area contributed by atoms with Gasteiger partial charge in [-0.15, -0.1) is 0 Å². The molecule has 0 bridgehead atoms. The van der Waals surface area contributed by atoms with Crippen LogP contribution in [0.5, 0.6) is 0 Å². The lowest BCUT2D eigenvalue weighted by atomic mass is 10.1. The molecule has 0 atom stereocenters. The van der Waals surface area contributed by atoms with Crippen molar-refractivity contribution in [1.82, 2.24) is 0 Å². The van der Waals surface area contributed by atoms with E-state index in [-0.39, 0.29) is 10.6 Å². The monoisotopic (exact) mass is 333 g/mol. The molecule has 0 saturated heterocycles. The minimum Gasteiger partial charge on any atom is -0.545 e. The van der Waals surface area contributed by atoms with Gasteiger partial charge in [-0.2, -0.15) is 0 Å². The molecule has 0 spiro atoms. The normalized spacial score (nSPS) is 11.0. The van der Waals surface area contributed by atoms with E-state index in [4.69, 9.17) is 0 Å². The highest BCUT2D eigenvalue weighted by atomic mass is 32.2. The summed E-state index contributed by atoms with van der Waals surface area (Å²) in [6.45, 7) is 1.79. The number of sulfonamides is 1. The molecule has 0 aromatic heterocycles. The van der Waals surface area contributed by atoms with Crippen LogP contribution in [0.15, 0.2) is 47.4 Å². The number of aryl methyl sites for hydroxylation is 1. The van der Waals surface area contributed by atoms with Crippen molar-refractivity contribution in [3.63, 3.8) is 0 Å².